The van der Waals surface area contributed by atoms with Crippen LogP contribution in [0.25, 0.3) is 0 Å². The summed E-state index contributed by atoms with van der Waals surface area (Å²) in [5.74, 6) is -0.919. The lowest BCUT2D eigenvalue weighted by molar-refractivity contribution is 0.100. The maximum absolute atomic E-state index is 13.5. The van der Waals surface area contributed by atoms with Gasteiger partial charge in [0.2, 0.25) is 0 Å². The maximum Gasteiger partial charge on any atom is 0.197 e. The molecule has 1 radical (unpaired) electrons. The summed E-state index contributed by atoms with van der Waals surface area (Å²) in [4.78, 5) is 26.9. The van der Waals surface area contributed by atoms with Gasteiger partial charge >= 0.3 is 0 Å². The minimum atomic E-state index is -0.481. The summed E-state index contributed by atoms with van der Waals surface area (Å²) in [6, 6.07) is 15.9. The molecule has 3 aromatic carbocycles. The van der Waals surface area contributed by atoms with Crippen LogP contribution in [0.15, 0.2) is 48.5 Å². The molecule has 0 aromatic heterocycles. The number of carbonyl (C=O) groups excluding carboxylic acids is 2. The molecule has 0 fully saturated rings. The Morgan fingerprint density at radius 1 is 0.759 bits per heavy atom. The van der Waals surface area contributed by atoms with Gasteiger partial charge in [-0.05, 0) is 42.3 Å². The molecule has 0 unspecified atom stereocenters. The summed E-state index contributed by atoms with van der Waals surface area (Å²) >= 11 is 25.0. The maximum atomic E-state index is 13.5. The molecule has 0 atom stereocenters. The Hall–Kier alpha value is -1.84. The van der Waals surface area contributed by atoms with E-state index >= 15 is 0 Å². The van der Waals surface area contributed by atoms with Crippen LogP contribution in [0.2, 0.25) is 20.1 Å². The lowest BCUT2D eigenvalue weighted by Gasteiger charge is -2.15. The standard InChI is InChI=1S/C23H15Cl4O2/c1-2-6-13-7-3-8-14(22(28)20-15(24)9-4-10-16(20)25)19(13)23(29)21-17(26)11-5-12-18(21)27/h3-5,7,9-12H,2,6H2,1H3. The molecule has 0 N–H and O–H groups in total. The second-order valence-corrected chi connectivity index (χ2v) is 7.98. The van der Waals surface area contributed by atoms with Crippen molar-refractivity contribution in [3.63, 3.8) is 0 Å². The molecule has 3 rings (SSSR count). The van der Waals surface area contributed by atoms with E-state index in [0.29, 0.717) is 12.0 Å². The molecule has 0 aliphatic carbocycles. The number of halogens is 4. The average molecular weight is 465 g/mol. The predicted octanol–water partition coefficient (Wildman–Crippen LogP) is 7.51. The van der Waals surface area contributed by atoms with Gasteiger partial charge in [-0.1, -0.05) is 84.0 Å². The largest absolute Gasteiger partial charge is 0.288 e. The van der Waals surface area contributed by atoms with Gasteiger partial charge in [-0.2, -0.15) is 0 Å². The van der Waals surface area contributed by atoms with E-state index in [-0.39, 0.29) is 42.3 Å². The van der Waals surface area contributed by atoms with Crippen molar-refractivity contribution in [1.82, 2.24) is 0 Å². The van der Waals surface area contributed by atoms with E-state index in [9.17, 15) is 9.59 Å². The first kappa shape index (κ1) is 21.9. The summed E-state index contributed by atoms with van der Waals surface area (Å²) in [7, 11) is 0. The van der Waals surface area contributed by atoms with Crippen molar-refractivity contribution in [2.24, 2.45) is 0 Å². The highest BCUT2D eigenvalue weighted by atomic mass is 35.5. The minimum Gasteiger partial charge on any atom is -0.288 e. The Morgan fingerprint density at radius 2 is 1.24 bits per heavy atom. The highest BCUT2D eigenvalue weighted by molar-refractivity contribution is 6.43. The summed E-state index contributed by atoms with van der Waals surface area (Å²) in [6.07, 6.45) is 1.37. The van der Waals surface area contributed by atoms with Crippen LogP contribution < -0.4 is 0 Å². The van der Waals surface area contributed by atoms with E-state index < -0.39 is 11.6 Å². The second kappa shape index (κ2) is 9.32. The Kier molecular flexibility index (Phi) is 7.02. The molecule has 0 heterocycles. The number of hydrogen-bond donors (Lipinski definition) is 0. The highest BCUT2D eigenvalue weighted by Crippen LogP contribution is 2.33. The number of ketones is 2. The van der Waals surface area contributed by atoms with E-state index in [2.05, 4.69) is 6.07 Å². The fraction of sp³-hybridized carbons (Fsp3) is 0.130. The Balaban J connectivity index is 2.26. The van der Waals surface area contributed by atoms with Crippen molar-refractivity contribution in [3.8, 4) is 0 Å². The lowest BCUT2D eigenvalue weighted by Crippen LogP contribution is -2.15. The van der Waals surface area contributed by atoms with E-state index in [1.165, 1.54) is 0 Å². The van der Waals surface area contributed by atoms with Crippen LogP contribution >= 0.6 is 46.4 Å². The number of benzene rings is 3. The fourth-order valence-corrected chi connectivity index (χ4v) is 4.28. The molecule has 2 nitrogen and oxygen atoms in total. The highest BCUT2D eigenvalue weighted by Gasteiger charge is 2.27. The summed E-state index contributed by atoms with van der Waals surface area (Å²) < 4.78 is 0. The van der Waals surface area contributed by atoms with Crippen LogP contribution in [0.4, 0.5) is 0 Å². The van der Waals surface area contributed by atoms with E-state index in [1.54, 1.807) is 48.5 Å². The van der Waals surface area contributed by atoms with Crippen LogP contribution in [0.3, 0.4) is 0 Å². The van der Waals surface area contributed by atoms with Crippen LogP contribution in [-0.2, 0) is 6.42 Å². The van der Waals surface area contributed by atoms with Crippen molar-refractivity contribution < 1.29 is 9.59 Å². The molecular weight excluding hydrogens is 450 g/mol. The molecule has 6 heteroatoms. The molecular formula is C23H15Cl4O2. The zero-order valence-corrected chi connectivity index (χ0v) is 18.4. The average Bonchev–Trinajstić information content (AvgIpc) is 2.67. The SMILES string of the molecule is CCCc1cc[c]c(C(=O)c2c(Cl)cccc2Cl)c1C(=O)c1c(Cl)cccc1Cl. The van der Waals surface area contributed by atoms with Gasteiger partial charge in [0, 0.05) is 11.1 Å². The summed E-state index contributed by atoms with van der Waals surface area (Å²) in [5, 5.41) is 0.822. The third kappa shape index (κ3) is 4.36. The molecule has 0 saturated heterocycles. The zero-order chi connectivity index (χ0) is 21.1. The van der Waals surface area contributed by atoms with Crippen molar-refractivity contribution in [2.75, 3.05) is 0 Å². The fourth-order valence-electron chi connectivity index (χ4n) is 3.14. The minimum absolute atomic E-state index is 0.0898. The number of hydrogen-bond acceptors (Lipinski definition) is 2. The monoisotopic (exact) mass is 463 g/mol. The van der Waals surface area contributed by atoms with Crippen molar-refractivity contribution in [1.29, 1.82) is 0 Å². The van der Waals surface area contributed by atoms with Crippen LogP contribution in [-0.4, -0.2) is 11.6 Å². The molecule has 0 amide bonds. The van der Waals surface area contributed by atoms with Crippen molar-refractivity contribution in [2.45, 2.75) is 19.8 Å². The van der Waals surface area contributed by atoms with E-state index in [0.717, 1.165) is 6.42 Å². The van der Waals surface area contributed by atoms with Gasteiger partial charge in [0.05, 0.1) is 31.2 Å². The van der Waals surface area contributed by atoms with Gasteiger partial charge in [0.25, 0.3) is 0 Å². The van der Waals surface area contributed by atoms with Gasteiger partial charge in [-0.3, -0.25) is 9.59 Å². The Morgan fingerprint density at radius 3 is 1.72 bits per heavy atom. The quantitative estimate of drug-likeness (QED) is 0.353. The topological polar surface area (TPSA) is 34.1 Å². The second-order valence-electron chi connectivity index (χ2n) is 6.35. The molecule has 0 spiro atoms. The summed E-state index contributed by atoms with van der Waals surface area (Å²) in [6.45, 7) is 1.99. The third-order valence-corrected chi connectivity index (χ3v) is 5.70. The van der Waals surface area contributed by atoms with E-state index in [4.69, 9.17) is 46.4 Å². The van der Waals surface area contributed by atoms with Crippen LogP contribution in [0.5, 0.6) is 0 Å². The number of rotatable bonds is 6. The molecule has 0 saturated carbocycles. The first-order valence-corrected chi connectivity index (χ1v) is 10.4. The number of carbonyl (C=O) groups is 2. The van der Waals surface area contributed by atoms with Gasteiger partial charge < -0.3 is 0 Å². The van der Waals surface area contributed by atoms with Gasteiger partial charge in [-0.25, -0.2) is 0 Å². The number of aryl methyl sites for hydroxylation is 1. The first-order valence-electron chi connectivity index (χ1n) is 8.87. The van der Waals surface area contributed by atoms with Crippen LogP contribution in [0.1, 0.15) is 50.8 Å². The third-order valence-electron chi connectivity index (χ3n) is 4.44. The molecule has 0 bridgehead atoms. The van der Waals surface area contributed by atoms with E-state index in [1.807, 2.05) is 6.92 Å². The first-order chi connectivity index (χ1) is 13.9. The van der Waals surface area contributed by atoms with Crippen molar-refractivity contribution in [3.05, 3.63) is 103 Å². The van der Waals surface area contributed by atoms with Gasteiger partial charge in [-0.15, -0.1) is 0 Å². The van der Waals surface area contributed by atoms with Gasteiger partial charge in [0.1, 0.15) is 0 Å². The Bertz CT molecular complexity index is 1070. The van der Waals surface area contributed by atoms with Crippen LogP contribution in [0, 0.1) is 6.07 Å². The molecule has 0 aliphatic rings. The lowest BCUT2D eigenvalue weighted by atomic mass is 9.88. The smallest absolute Gasteiger partial charge is 0.197 e. The molecule has 147 valence electrons. The van der Waals surface area contributed by atoms with Crippen molar-refractivity contribution >= 4 is 58.0 Å². The predicted molar refractivity (Wildman–Crippen MR) is 119 cm³/mol. The molecule has 29 heavy (non-hydrogen) atoms. The van der Waals surface area contributed by atoms with Gasteiger partial charge in [0.15, 0.2) is 11.6 Å². The zero-order valence-electron chi connectivity index (χ0n) is 15.4. The summed E-state index contributed by atoms with van der Waals surface area (Å²) in [5.41, 5.74) is 1.28. The molecule has 3 aromatic rings. The normalized spacial score (nSPS) is 10.8. The Labute approximate surface area is 189 Å². The molecule has 0 aliphatic heterocycles.